The molecule has 0 aliphatic carbocycles. The van der Waals surface area contributed by atoms with Crippen LogP contribution < -0.4 is 5.48 Å². The Morgan fingerprint density at radius 3 is 2.54 bits per heavy atom. The number of alkyl halides is 1. The third-order valence-corrected chi connectivity index (χ3v) is 5.70. The van der Waals surface area contributed by atoms with Crippen LogP contribution in [-0.4, -0.2) is 41.5 Å². The first-order valence-corrected chi connectivity index (χ1v) is 9.31. The molecule has 0 radical (unpaired) electrons. The molecule has 1 aromatic carbocycles. The molecule has 2 N–H and O–H groups in total. The van der Waals surface area contributed by atoms with Crippen LogP contribution in [0.2, 0.25) is 0 Å². The first-order chi connectivity index (χ1) is 12.4. The van der Waals surface area contributed by atoms with Gasteiger partial charge in [-0.25, -0.2) is 13.9 Å². The van der Waals surface area contributed by atoms with E-state index >= 15 is 0 Å². The predicted molar refractivity (Wildman–Crippen MR) is 92.5 cm³/mol. The van der Waals surface area contributed by atoms with Crippen molar-refractivity contribution in [3.8, 4) is 0 Å². The number of benzene rings is 1. The molecule has 1 atom stereocenters. The van der Waals surface area contributed by atoms with Crippen LogP contribution >= 0.6 is 0 Å². The second-order valence-corrected chi connectivity index (χ2v) is 7.58. The molecule has 0 saturated carbocycles. The fraction of sp³-hybridized carbons (Fsp3) is 0.294. The van der Waals surface area contributed by atoms with E-state index in [4.69, 9.17) is 5.21 Å². The van der Waals surface area contributed by atoms with Gasteiger partial charge in [-0.05, 0) is 30.7 Å². The average molecular weight is 381 g/mol. The molecular weight excluding hydrogens is 361 g/mol. The number of hydrogen-bond acceptors (Lipinski definition) is 5. The zero-order chi connectivity index (χ0) is 19.2. The Kier molecular flexibility index (Phi) is 6.78. The quantitative estimate of drug-likeness (QED) is 0.537. The van der Waals surface area contributed by atoms with E-state index in [1.807, 2.05) is 6.92 Å². The van der Waals surface area contributed by atoms with Gasteiger partial charge in [-0.2, -0.15) is 4.31 Å². The standard InChI is InChI=1S/C17H20FN3O4S/c1-13-4-6-15(7-5-13)26(24,25)21(12-14-3-2-10-19-11-14)16(8-9-18)17(22)20-23/h2-7,10-11,16,23H,8-9,12H2,1H3,(H,20,22)/t16-/m0/s1. The summed E-state index contributed by atoms with van der Waals surface area (Å²) in [4.78, 5) is 15.9. The minimum atomic E-state index is -4.13. The van der Waals surface area contributed by atoms with Gasteiger partial charge < -0.3 is 0 Å². The van der Waals surface area contributed by atoms with Gasteiger partial charge in [0.25, 0.3) is 5.91 Å². The summed E-state index contributed by atoms with van der Waals surface area (Å²) >= 11 is 0. The van der Waals surface area contributed by atoms with Crippen molar-refractivity contribution < 1.29 is 22.8 Å². The summed E-state index contributed by atoms with van der Waals surface area (Å²) in [5.41, 5.74) is 2.82. The lowest BCUT2D eigenvalue weighted by Crippen LogP contribution is -2.48. The number of aryl methyl sites for hydroxylation is 1. The highest BCUT2D eigenvalue weighted by molar-refractivity contribution is 7.89. The van der Waals surface area contributed by atoms with Crippen LogP contribution in [0, 0.1) is 6.92 Å². The lowest BCUT2D eigenvalue weighted by atomic mass is 10.2. The molecule has 140 valence electrons. The maximum Gasteiger partial charge on any atom is 0.261 e. The number of rotatable bonds is 8. The topological polar surface area (TPSA) is 99.6 Å². The van der Waals surface area contributed by atoms with E-state index in [9.17, 15) is 17.6 Å². The predicted octanol–water partition coefficient (Wildman–Crippen LogP) is 1.81. The van der Waals surface area contributed by atoms with E-state index in [1.165, 1.54) is 30.0 Å². The van der Waals surface area contributed by atoms with Crippen LogP contribution in [0.3, 0.4) is 0 Å². The second kappa shape index (κ2) is 8.84. The highest BCUT2D eigenvalue weighted by atomic mass is 32.2. The Bertz CT molecular complexity index is 829. The smallest absolute Gasteiger partial charge is 0.261 e. The minimum Gasteiger partial charge on any atom is -0.289 e. The van der Waals surface area contributed by atoms with Crippen molar-refractivity contribution in [3.63, 3.8) is 0 Å². The van der Waals surface area contributed by atoms with E-state index in [2.05, 4.69) is 4.98 Å². The molecule has 0 bridgehead atoms. The van der Waals surface area contributed by atoms with Crippen LogP contribution in [0.4, 0.5) is 4.39 Å². The monoisotopic (exact) mass is 381 g/mol. The van der Waals surface area contributed by atoms with Crippen molar-refractivity contribution in [2.75, 3.05) is 6.67 Å². The van der Waals surface area contributed by atoms with Crippen molar-refractivity contribution in [2.24, 2.45) is 0 Å². The van der Waals surface area contributed by atoms with E-state index in [0.29, 0.717) is 5.56 Å². The average Bonchev–Trinajstić information content (AvgIpc) is 2.65. The Balaban J connectivity index is 2.50. The number of amides is 1. The summed E-state index contributed by atoms with van der Waals surface area (Å²) in [6, 6.07) is 7.97. The summed E-state index contributed by atoms with van der Waals surface area (Å²) in [5.74, 6) is -0.998. The molecule has 0 aliphatic heterocycles. The summed E-state index contributed by atoms with van der Waals surface area (Å²) in [5, 5.41) is 8.96. The van der Waals surface area contributed by atoms with Crippen molar-refractivity contribution in [2.45, 2.75) is 30.8 Å². The summed E-state index contributed by atoms with van der Waals surface area (Å²) in [6.07, 6.45) is 2.60. The molecule has 1 aromatic heterocycles. The molecule has 2 rings (SSSR count). The first-order valence-electron chi connectivity index (χ1n) is 7.87. The molecule has 2 aromatic rings. The number of hydroxylamine groups is 1. The molecule has 0 aliphatic rings. The number of carbonyl (C=O) groups is 1. The van der Waals surface area contributed by atoms with Gasteiger partial charge in [0.2, 0.25) is 10.0 Å². The maximum absolute atomic E-state index is 13.1. The fourth-order valence-corrected chi connectivity index (χ4v) is 4.07. The van der Waals surface area contributed by atoms with Gasteiger partial charge in [0.1, 0.15) is 6.04 Å². The van der Waals surface area contributed by atoms with Crippen molar-refractivity contribution in [1.82, 2.24) is 14.8 Å². The number of halogens is 1. The molecule has 26 heavy (non-hydrogen) atoms. The van der Waals surface area contributed by atoms with Crippen LogP contribution in [0.1, 0.15) is 17.5 Å². The molecule has 7 nitrogen and oxygen atoms in total. The molecule has 0 fully saturated rings. The molecule has 1 heterocycles. The van der Waals surface area contributed by atoms with Crippen LogP contribution in [-0.2, 0) is 21.4 Å². The third kappa shape index (κ3) is 4.63. The zero-order valence-corrected chi connectivity index (χ0v) is 15.0. The maximum atomic E-state index is 13.1. The van der Waals surface area contributed by atoms with E-state index < -0.39 is 35.1 Å². The number of hydrogen-bond donors (Lipinski definition) is 2. The van der Waals surface area contributed by atoms with E-state index in [0.717, 1.165) is 9.87 Å². The molecular formula is C17H20FN3O4S. The van der Waals surface area contributed by atoms with Gasteiger partial charge in [-0.15, -0.1) is 0 Å². The Labute approximate surface area is 151 Å². The number of nitrogens with zero attached hydrogens (tertiary/aromatic N) is 2. The van der Waals surface area contributed by atoms with Crippen molar-refractivity contribution in [3.05, 3.63) is 59.9 Å². The Morgan fingerprint density at radius 1 is 1.31 bits per heavy atom. The largest absolute Gasteiger partial charge is 0.289 e. The van der Waals surface area contributed by atoms with Crippen LogP contribution in [0.5, 0.6) is 0 Å². The normalized spacial score (nSPS) is 12.8. The molecule has 0 spiro atoms. The summed E-state index contributed by atoms with van der Waals surface area (Å²) < 4.78 is 40.1. The number of sulfonamides is 1. The van der Waals surface area contributed by atoms with Gasteiger partial charge in [0.05, 0.1) is 11.6 Å². The van der Waals surface area contributed by atoms with Crippen molar-refractivity contribution in [1.29, 1.82) is 0 Å². The first kappa shape index (κ1) is 20.0. The lowest BCUT2D eigenvalue weighted by molar-refractivity contribution is -0.133. The van der Waals surface area contributed by atoms with Gasteiger partial charge in [-0.1, -0.05) is 23.8 Å². The summed E-state index contributed by atoms with van der Waals surface area (Å²) in [7, 11) is -4.13. The second-order valence-electron chi connectivity index (χ2n) is 5.69. The number of aromatic nitrogens is 1. The Morgan fingerprint density at radius 2 is 2.00 bits per heavy atom. The lowest BCUT2D eigenvalue weighted by Gasteiger charge is -2.29. The van der Waals surface area contributed by atoms with Gasteiger partial charge in [-0.3, -0.25) is 19.4 Å². The summed E-state index contributed by atoms with van der Waals surface area (Å²) in [6.45, 7) is 0.697. The SMILES string of the molecule is Cc1ccc(S(=O)(=O)N(Cc2cccnc2)[C@@H](CCF)C(=O)NO)cc1. The fourth-order valence-electron chi connectivity index (χ4n) is 2.46. The van der Waals surface area contributed by atoms with Gasteiger partial charge in [0, 0.05) is 25.4 Å². The van der Waals surface area contributed by atoms with Crippen LogP contribution in [0.15, 0.2) is 53.7 Å². The van der Waals surface area contributed by atoms with Crippen LogP contribution in [0.25, 0.3) is 0 Å². The number of carbonyl (C=O) groups excluding carboxylic acids is 1. The third-order valence-electron chi connectivity index (χ3n) is 3.83. The minimum absolute atomic E-state index is 0.0263. The highest BCUT2D eigenvalue weighted by Gasteiger charge is 2.35. The molecule has 0 saturated heterocycles. The number of pyridine rings is 1. The Hall–Kier alpha value is -2.36. The zero-order valence-electron chi connectivity index (χ0n) is 14.2. The van der Waals surface area contributed by atoms with Crippen molar-refractivity contribution >= 4 is 15.9 Å². The molecule has 9 heteroatoms. The highest BCUT2D eigenvalue weighted by Crippen LogP contribution is 2.23. The van der Waals surface area contributed by atoms with E-state index in [1.54, 1.807) is 24.3 Å². The van der Waals surface area contributed by atoms with Gasteiger partial charge in [0.15, 0.2) is 0 Å². The number of nitrogens with one attached hydrogen (secondary N) is 1. The molecule has 1 amide bonds. The van der Waals surface area contributed by atoms with E-state index in [-0.39, 0.29) is 11.4 Å². The van der Waals surface area contributed by atoms with Gasteiger partial charge >= 0.3 is 0 Å². The molecule has 0 unspecified atom stereocenters.